The van der Waals surface area contributed by atoms with Crippen LogP contribution in [0.3, 0.4) is 0 Å². The summed E-state index contributed by atoms with van der Waals surface area (Å²) in [4.78, 5) is 0. The van der Waals surface area contributed by atoms with Crippen molar-refractivity contribution in [2.75, 3.05) is 6.79 Å². The molecule has 0 bridgehead atoms. The second kappa shape index (κ2) is 6.32. The van der Waals surface area contributed by atoms with E-state index in [1.165, 1.54) is 15.9 Å². The van der Waals surface area contributed by atoms with Gasteiger partial charge in [-0.2, -0.15) is 0 Å². The fourth-order valence-electron chi connectivity index (χ4n) is 2.76. The number of fused-ring (bicyclic) bond motifs is 1. The van der Waals surface area contributed by atoms with Gasteiger partial charge < -0.3 is 9.47 Å². The van der Waals surface area contributed by atoms with Crippen molar-refractivity contribution in [1.29, 1.82) is 0 Å². The molecule has 0 spiro atoms. The molecule has 0 saturated heterocycles. The van der Waals surface area contributed by atoms with Crippen LogP contribution in [0, 0.1) is 0 Å². The minimum Gasteiger partial charge on any atom is -0.454 e. The van der Waals surface area contributed by atoms with Gasteiger partial charge in [0.05, 0.1) is 0 Å². The maximum Gasteiger partial charge on any atom is 0.231 e. The molecule has 4 heteroatoms. The molecule has 0 aliphatic carbocycles. The Morgan fingerprint density at radius 2 is 1.35 bits per heavy atom. The molecular weight excluding hydrogens is 322 g/mol. The van der Waals surface area contributed by atoms with E-state index in [1.54, 1.807) is 0 Å². The molecule has 0 amide bonds. The first-order valence-electron chi connectivity index (χ1n) is 7.43. The van der Waals surface area contributed by atoms with E-state index in [4.69, 9.17) is 9.47 Å². The molecule has 1 heterocycles. The quantitative estimate of drug-likeness (QED) is 0.684. The number of hydrogen-bond donors (Lipinski definition) is 0. The molecule has 23 heavy (non-hydrogen) atoms. The lowest BCUT2D eigenvalue weighted by Crippen LogP contribution is -2.28. The smallest absolute Gasteiger partial charge is 0.231 e. The lowest BCUT2D eigenvalue weighted by Gasteiger charge is -2.21. The number of benzene rings is 3. The molecule has 2 nitrogen and oxygen atoms in total. The Morgan fingerprint density at radius 1 is 0.739 bits per heavy atom. The molecule has 1 atom stereocenters. The van der Waals surface area contributed by atoms with Gasteiger partial charge in [-0.25, -0.2) is 0 Å². The minimum absolute atomic E-state index is 0.300. The van der Waals surface area contributed by atoms with Gasteiger partial charge in [0.2, 0.25) is 6.79 Å². The lowest BCUT2D eigenvalue weighted by atomic mass is 10.3. The molecule has 0 N–H and O–H groups in total. The predicted octanol–water partition coefficient (Wildman–Crippen LogP) is 2.67. The van der Waals surface area contributed by atoms with Gasteiger partial charge in [-0.1, -0.05) is 60.7 Å². The monoisotopic (exact) mass is 338 g/mol. The normalized spacial score (nSPS) is 12.6. The van der Waals surface area contributed by atoms with Crippen molar-refractivity contribution < 1.29 is 9.47 Å². The highest BCUT2D eigenvalue weighted by atomic mass is 31.1. The Labute approximate surface area is 139 Å². The van der Waals surface area contributed by atoms with Crippen LogP contribution in [-0.2, 0) is 0 Å². The van der Waals surface area contributed by atoms with Crippen molar-refractivity contribution in [1.82, 2.24) is 0 Å². The van der Waals surface area contributed by atoms with Crippen molar-refractivity contribution in [3.63, 3.8) is 0 Å². The first-order valence-corrected chi connectivity index (χ1v) is 9.35. The van der Waals surface area contributed by atoms with Crippen LogP contribution in [0.5, 0.6) is 11.5 Å². The second-order valence-corrected chi connectivity index (χ2v) is 8.00. The second-order valence-electron chi connectivity index (χ2n) is 5.24. The average molecular weight is 338 g/mol. The third kappa shape index (κ3) is 2.74. The summed E-state index contributed by atoms with van der Waals surface area (Å²) < 4.78 is 11.2. The van der Waals surface area contributed by atoms with Crippen LogP contribution in [0.15, 0.2) is 72.8 Å². The zero-order valence-electron chi connectivity index (χ0n) is 12.5. The highest BCUT2D eigenvalue weighted by molar-refractivity contribution is 7.80. The zero-order valence-corrected chi connectivity index (χ0v) is 14.5. The molecule has 1 unspecified atom stereocenters. The van der Waals surface area contributed by atoms with Crippen molar-refractivity contribution in [3.8, 4) is 11.5 Å². The summed E-state index contributed by atoms with van der Waals surface area (Å²) in [6.07, 6.45) is 0. The molecule has 3 aromatic rings. The van der Waals surface area contributed by atoms with Gasteiger partial charge in [0, 0.05) is 5.30 Å². The summed E-state index contributed by atoms with van der Waals surface area (Å²) in [5.41, 5.74) is 0. The maximum atomic E-state index is 5.66. The molecule has 0 fully saturated rings. The van der Waals surface area contributed by atoms with E-state index < -0.39 is 7.92 Å². The Morgan fingerprint density at radius 3 is 1.96 bits per heavy atom. The van der Waals surface area contributed by atoms with Gasteiger partial charge in [0.15, 0.2) is 11.5 Å². The summed E-state index contributed by atoms with van der Waals surface area (Å²) in [5.74, 6) is 1.68. The molecule has 4 rings (SSSR count). The highest BCUT2D eigenvalue weighted by Gasteiger charge is 2.24. The van der Waals surface area contributed by atoms with Crippen LogP contribution in [0.2, 0.25) is 0 Å². The third-order valence-electron chi connectivity index (χ3n) is 3.82. The third-order valence-corrected chi connectivity index (χ3v) is 7.14. The topological polar surface area (TPSA) is 18.5 Å². The van der Waals surface area contributed by atoms with Crippen molar-refractivity contribution in [2.45, 2.75) is 0 Å². The van der Waals surface area contributed by atoms with E-state index >= 15 is 0 Å². The summed E-state index contributed by atoms with van der Waals surface area (Å²) in [6, 6.07) is 25.5. The van der Waals surface area contributed by atoms with E-state index in [0.29, 0.717) is 6.79 Å². The molecule has 0 radical (unpaired) electrons. The van der Waals surface area contributed by atoms with Gasteiger partial charge in [0.25, 0.3) is 0 Å². The summed E-state index contributed by atoms with van der Waals surface area (Å²) in [7, 11) is 2.21. The summed E-state index contributed by atoms with van der Waals surface area (Å²) in [6.45, 7) is 0.300. The standard InChI is InChI=1S/C19H16O2P2/c22-19-17(12-11-16-18(19)21-13-20-16)23(14-7-3-1-4-8-14)15-9-5-2-6-10-15/h1-12H,13,22H2. The molecule has 0 saturated carbocycles. The van der Waals surface area contributed by atoms with Crippen LogP contribution in [0.1, 0.15) is 0 Å². The van der Waals surface area contributed by atoms with Gasteiger partial charge in [-0.05, 0) is 36.0 Å². The van der Waals surface area contributed by atoms with Crippen LogP contribution >= 0.6 is 17.2 Å². The van der Waals surface area contributed by atoms with Crippen molar-refractivity contribution >= 4 is 38.4 Å². The van der Waals surface area contributed by atoms with Crippen LogP contribution in [0.25, 0.3) is 0 Å². The van der Waals surface area contributed by atoms with E-state index in [0.717, 1.165) is 16.8 Å². The average Bonchev–Trinajstić information content (AvgIpc) is 3.09. The van der Waals surface area contributed by atoms with Crippen LogP contribution < -0.4 is 30.7 Å². The number of hydrogen-bond acceptors (Lipinski definition) is 2. The molecule has 0 aromatic heterocycles. The van der Waals surface area contributed by atoms with Crippen molar-refractivity contribution in [2.24, 2.45) is 0 Å². The van der Waals surface area contributed by atoms with Crippen molar-refractivity contribution in [3.05, 3.63) is 72.8 Å². The Bertz CT molecular complexity index is 780. The van der Waals surface area contributed by atoms with Crippen LogP contribution in [-0.4, -0.2) is 6.79 Å². The van der Waals surface area contributed by atoms with Crippen LogP contribution in [0.4, 0.5) is 0 Å². The SMILES string of the molecule is Pc1c(P(c2ccccc2)c2ccccc2)ccc2c1OCO2. The fourth-order valence-corrected chi connectivity index (χ4v) is 5.83. The Kier molecular flexibility index (Phi) is 4.04. The van der Waals surface area contributed by atoms with Gasteiger partial charge in [0.1, 0.15) is 0 Å². The van der Waals surface area contributed by atoms with Gasteiger partial charge in [-0.15, -0.1) is 9.24 Å². The number of rotatable bonds is 3. The zero-order chi connectivity index (χ0) is 15.6. The van der Waals surface area contributed by atoms with Gasteiger partial charge >= 0.3 is 0 Å². The van der Waals surface area contributed by atoms with Gasteiger partial charge in [-0.3, -0.25) is 0 Å². The Hall–Kier alpha value is -1.88. The first-order chi connectivity index (χ1) is 11.3. The summed E-state index contributed by atoms with van der Waals surface area (Å²) >= 11 is 0. The Balaban J connectivity index is 1.90. The highest BCUT2D eigenvalue weighted by Crippen LogP contribution is 2.37. The number of ether oxygens (including phenoxy) is 2. The molecular formula is C19H16O2P2. The fraction of sp³-hybridized carbons (Fsp3) is 0.0526. The lowest BCUT2D eigenvalue weighted by molar-refractivity contribution is 0.174. The molecule has 3 aromatic carbocycles. The molecule has 114 valence electrons. The largest absolute Gasteiger partial charge is 0.454 e. The predicted molar refractivity (Wildman–Crippen MR) is 101 cm³/mol. The maximum absolute atomic E-state index is 5.66. The minimum atomic E-state index is -0.630. The van der Waals surface area contributed by atoms with E-state index in [2.05, 4.69) is 76.0 Å². The first kappa shape index (κ1) is 14.7. The molecule has 1 aliphatic heterocycles. The molecule has 1 aliphatic rings. The van der Waals surface area contributed by atoms with E-state index in [-0.39, 0.29) is 0 Å². The summed E-state index contributed by atoms with van der Waals surface area (Å²) in [5, 5.41) is 5.04. The van der Waals surface area contributed by atoms with E-state index in [9.17, 15) is 0 Å². The van der Waals surface area contributed by atoms with E-state index in [1.807, 2.05) is 6.07 Å².